The zero-order valence-electron chi connectivity index (χ0n) is 19.6. The first-order chi connectivity index (χ1) is 16.1. The molecule has 2 aliphatic heterocycles. The number of ether oxygens (including phenoxy) is 1. The summed E-state index contributed by atoms with van der Waals surface area (Å²) in [5, 5.41) is 0. The lowest BCUT2D eigenvalue weighted by Crippen LogP contribution is -2.56. The molecule has 0 radical (unpaired) electrons. The number of hydrogen-bond acceptors (Lipinski definition) is 4. The molecule has 0 atom stereocenters. The van der Waals surface area contributed by atoms with E-state index in [4.69, 9.17) is 4.74 Å². The third kappa shape index (κ3) is 4.81. The lowest BCUT2D eigenvalue weighted by Gasteiger charge is -2.42. The number of rotatable bonds is 8. The zero-order valence-corrected chi connectivity index (χ0v) is 19.6. The molecule has 0 N–H and O–H groups in total. The van der Waals surface area contributed by atoms with Gasteiger partial charge < -0.3 is 9.64 Å². The molecule has 0 bridgehead atoms. The van der Waals surface area contributed by atoms with Gasteiger partial charge in [-0.25, -0.2) is 4.79 Å². The van der Waals surface area contributed by atoms with Gasteiger partial charge in [-0.1, -0.05) is 61.5 Å². The van der Waals surface area contributed by atoms with Gasteiger partial charge in [0.15, 0.2) is 0 Å². The highest BCUT2D eigenvalue weighted by Gasteiger charge is 2.57. The van der Waals surface area contributed by atoms with Gasteiger partial charge in [0.2, 0.25) is 0 Å². The van der Waals surface area contributed by atoms with Crippen LogP contribution < -0.4 is 4.74 Å². The third-order valence-electron chi connectivity index (χ3n) is 6.69. The molecule has 0 unspecified atom stereocenters. The predicted molar refractivity (Wildman–Crippen MR) is 130 cm³/mol. The minimum Gasteiger partial charge on any atom is -0.497 e. The van der Waals surface area contributed by atoms with Gasteiger partial charge in [0.25, 0.3) is 5.91 Å². The van der Waals surface area contributed by atoms with Crippen molar-refractivity contribution >= 4 is 18.0 Å². The van der Waals surface area contributed by atoms with Crippen LogP contribution in [0.3, 0.4) is 0 Å². The van der Waals surface area contributed by atoms with Crippen molar-refractivity contribution < 1.29 is 14.3 Å². The van der Waals surface area contributed by atoms with Crippen LogP contribution in [0.5, 0.6) is 5.75 Å². The van der Waals surface area contributed by atoms with E-state index >= 15 is 0 Å². The maximum atomic E-state index is 13.6. The predicted octanol–water partition coefficient (Wildman–Crippen LogP) is 4.42. The molecule has 1 spiro atoms. The third-order valence-corrected chi connectivity index (χ3v) is 6.69. The normalized spacial score (nSPS) is 18.6. The Kier molecular flexibility index (Phi) is 7.14. The Bertz CT molecular complexity index is 997. The first kappa shape index (κ1) is 23.1. The van der Waals surface area contributed by atoms with Gasteiger partial charge in [-0.3, -0.25) is 14.6 Å². The summed E-state index contributed by atoms with van der Waals surface area (Å²) in [5.41, 5.74) is 1.55. The van der Waals surface area contributed by atoms with Gasteiger partial charge in [0.05, 0.1) is 7.11 Å². The van der Waals surface area contributed by atoms with Gasteiger partial charge in [-0.05, 0) is 42.5 Å². The van der Waals surface area contributed by atoms with Crippen molar-refractivity contribution in [2.75, 3.05) is 33.3 Å². The molecule has 2 fully saturated rings. The molecular weight excluding hydrogens is 414 g/mol. The lowest BCUT2D eigenvalue weighted by molar-refractivity contribution is -0.135. The van der Waals surface area contributed by atoms with Crippen LogP contribution in [0.15, 0.2) is 60.7 Å². The van der Waals surface area contributed by atoms with E-state index in [1.165, 1.54) is 10.5 Å². The minimum absolute atomic E-state index is 0.0457. The highest BCUT2D eigenvalue weighted by Crippen LogP contribution is 2.37. The molecule has 0 saturated carbocycles. The fourth-order valence-electron chi connectivity index (χ4n) is 4.92. The second-order valence-electron chi connectivity index (χ2n) is 8.82. The highest BCUT2D eigenvalue weighted by molar-refractivity contribution is 6.07. The van der Waals surface area contributed by atoms with Crippen molar-refractivity contribution in [3.63, 3.8) is 0 Å². The van der Waals surface area contributed by atoms with E-state index in [0.717, 1.165) is 37.4 Å². The van der Waals surface area contributed by atoms with Crippen LogP contribution >= 0.6 is 0 Å². The number of benzene rings is 2. The van der Waals surface area contributed by atoms with E-state index < -0.39 is 5.54 Å². The van der Waals surface area contributed by atoms with E-state index in [9.17, 15) is 9.59 Å². The molecule has 2 aromatic carbocycles. The number of carbonyl (C=O) groups excluding carboxylic acids is 2. The quantitative estimate of drug-likeness (QED) is 0.562. The lowest BCUT2D eigenvalue weighted by atomic mass is 9.85. The number of nitrogens with zero attached hydrogens (tertiary/aromatic N) is 3. The first-order valence-corrected chi connectivity index (χ1v) is 11.8. The fraction of sp³-hybridized carbons (Fsp3) is 0.407. The fourth-order valence-corrected chi connectivity index (χ4v) is 4.92. The van der Waals surface area contributed by atoms with Crippen molar-refractivity contribution in [2.45, 2.75) is 38.3 Å². The van der Waals surface area contributed by atoms with Crippen LogP contribution in [0.2, 0.25) is 0 Å². The molecule has 2 saturated heterocycles. The number of piperidine rings is 1. The van der Waals surface area contributed by atoms with Crippen LogP contribution in [0.1, 0.15) is 37.3 Å². The Morgan fingerprint density at radius 1 is 1.03 bits per heavy atom. The molecule has 3 amide bonds. The van der Waals surface area contributed by atoms with Gasteiger partial charge in [0.1, 0.15) is 11.3 Å². The second kappa shape index (κ2) is 10.2. The van der Waals surface area contributed by atoms with Gasteiger partial charge >= 0.3 is 6.03 Å². The molecule has 6 heteroatoms. The van der Waals surface area contributed by atoms with E-state index in [0.29, 0.717) is 19.4 Å². The van der Waals surface area contributed by atoms with E-state index in [1.807, 2.05) is 47.4 Å². The number of urea groups is 1. The number of imide groups is 1. The maximum absolute atomic E-state index is 13.6. The molecule has 2 aliphatic rings. The van der Waals surface area contributed by atoms with Crippen molar-refractivity contribution in [1.82, 2.24) is 14.7 Å². The van der Waals surface area contributed by atoms with Crippen LogP contribution in [0.4, 0.5) is 4.79 Å². The maximum Gasteiger partial charge on any atom is 0.327 e. The number of hydrogen-bond donors (Lipinski definition) is 0. The average Bonchev–Trinajstić information content (AvgIpc) is 3.03. The molecule has 2 heterocycles. The average molecular weight is 448 g/mol. The molecule has 0 aliphatic carbocycles. The topological polar surface area (TPSA) is 53.1 Å². The highest BCUT2D eigenvalue weighted by atomic mass is 16.5. The largest absolute Gasteiger partial charge is 0.497 e. The number of carbonyl (C=O) groups is 2. The number of likely N-dealkylation sites (tertiary alicyclic amines) is 1. The monoisotopic (exact) mass is 447 g/mol. The summed E-state index contributed by atoms with van der Waals surface area (Å²) in [7, 11) is 1.64. The molecule has 6 nitrogen and oxygen atoms in total. The van der Waals surface area contributed by atoms with Crippen LogP contribution in [-0.2, 0) is 11.3 Å². The van der Waals surface area contributed by atoms with Crippen molar-refractivity contribution in [2.24, 2.45) is 0 Å². The van der Waals surface area contributed by atoms with Crippen molar-refractivity contribution in [3.8, 4) is 5.75 Å². The summed E-state index contributed by atoms with van der Waals surface area (Å²) >= 11 is 0. The van der Waals surface area contributed by atoms with E-state index in [-0.39, 0.29) is 18.5 Å². The van der Waals surface area contributed by atoms with Crippen LogP contribution in [-0.4, -0.2) is 65.5 Å². The Hall–Kier alpha value is -3.12. The van der Waals surface area contributed by atoms with Crippen molar-refractivity contribution in [3.05, 3.63) is 71.8 Å². The van der Waals surface area contributed by atoms with Gasteiger partial charge in [0, 0.05) is 32.7 Å². The Morgan fingerprint density at radius 3 is 2.48 bits per heavy atom. The molecule has 4 rings (SSSR count). The Labute approximate surface area is 196 Å². The Balaban J connectivity index is 1.45. The summed E-state index contributed by atoms with van der Waals surface area (Å²) in [6, 6.07) is 18.0. The van der Waals surface area contributed by atoms with Crippen LogP contribution in [0.25, 0.3) is 6.08 Å². The van der Waals surface area contributed by atoms with Gasteiger partial charge in [-0.2, -0.15) is 0 Å². The Morgan fingerprint density at radius 2 is 1.79 bits per heavy atom. The van der Waals surface area contributed by atoms with E-state index in [2.05, 4.69) is 36.1 Å². The summed E-state index contributed by atoms with van der Waals surface area (Å²) < 4.78 is 5.27. The molecule has 0 aromatic heterocycles. The summed E-state index contributed by atoms with van der Waals surface area (Å²) in [4.78, 5) is 32.5. The molecular formula is C27H33N3O3. The zero-order chi connectivity index (χ0) is 23.3. The summed E-state index contributed by atoms with van der Waals surface area (Å²) in [6.07, 6.45) is 6.02. The number of methoxy groups -OCH3 is 1. The van der Waals surface area contributed by atoms with E-state index in [1.54, 1.807) is 7.11 Å². The smallest absolute Gasteiger partial charge is 0.327 e. The number of amides is 3. The molecule has 174 valence electrons. The summed E-state index contributed by atoms with van der Waals surface area (Å²) in [6.45, 7) is 5.44. The SMILES string of the molecule is CCCN1C(=O)N(C/C=C/c2cccc(OC)c2)C(=O)C12CCN(Cc1ccccc1)CC2. The minimum atomic E-state index is -0.704. The van der Waals surface area contributed by atoms with Gasteiger partial charge in [-0.15, -0.1) is 0 Å². The molecule has 33 heavy (non-hydrogen) atoms. The molecule has 2 aromatic rings. The first-order valence-electron chi connectivity index (χ1n) is 11.8. The standard InChI is InChI=1S/C27H33N3O3/c1-3-16-30-26(32)29(17-8-12-22-11-7-13-24(20-22)33-2)25(31)27(30)14-18-28(19-15-27)21-23-9-5-4-6-10-23/h4-13,20H,3,14-19,21H2,1-2H3/b12-8+. The van der Waals surface area contributed by atoms with Crippen LogP contribution in [0, 0.1) is 0 Å². The second-order valence-corrected chi connectivity index (χ2v) is 8.82. The van der Waals surface area contributed by atoms with Crippen molar-refractivity contribution in [1.29, 1.82) is 0 Å². The summed E-state index contributed by atoms with van der Waals surface area (Å²) in [5.74, 6) is 0.733.